The van der Waals surface area contributed by atoms with Crippen LogP contribution in [-0.2, 0) is 18.9 Å². The minimum atomic E-state index is -1.43. The molecule has 6 nitrogen and oxygen atoms in total. The number of aromatic nitrogens is 2. The van der Waals surface area contributed by atoms with Gasteiger partial charge in [-0.25, -0.2) is 0 Å². The molecule has 0 amide bonds. The first kappa shape index (κ1) is 35.8. The van der Waals surface area contributed by atoms with Gasteiger partial charge in [0, 0.05) is 0 Å². The summed E-state index contributed by atoms with van der Waals surface area (Å²) in [7, 11) is 0.0917. The molecule has 0 fully saturated rings. The van der Waals surface area contributed by atoms with Gasteiger partial charge in [-0.1, -0.05) is 0 Å². The first-order valence-electron chi connectivity index (χ1n) is 19.4. The molecule has 1 aliphatic heterocycles. The Kier molecular flexibility index (Phi) is 8.75. The molecular formula is C49H38HfN2O4S2. The van der Waals surface area contributed by atoms with Gasteiger partial charge >= 0.3 is 349 Å². The Morgan fingerprint density at radius 2 is 0.845 bits per heavy atom. The summed E-state index contributed by atoms with van der Waals surface area (Å²) in [6, 6.07) is 42.0. The molecule has 4 aromatic heterocycles. The summed E-state index contributed by atoms with van der Waals surface area (Å²) in [5.74, 6) is 2.79. The number of phenolic OH excluding ortho intramolecular Hbond substituents is 2. The molecule has 9 heteroatoms. The van der Waals surface area contributed by atoms with Gasteiger partial charge in [0.25, 0.3) is 0 Å². The molecule has 58 heavy (non-hydrogen) atoms. The average Bonchev–Trinajstić information content (AvgIpc) is 4.06. The van der Waals surface area contributed by atoms with E-state index in [0.29, 0.717) is 0 Å². The standard InChI is InChI=1S/C49H38N2O4S2.Hf/c1-30-22-36(48(52)44(24-30)50-40-16-7-3-12-32(40)33-13-4-8-17-41(33)50)38-26-54-28-46(38)56-20-11-21-57-47-29-55-27-39(47)37-23-31(2)25-45(49(37)53)51-42-18-9-5-14-34(42)35-15-6-10-19-43(35)51;/h3-10,12-19,22-29,52-53H,11,20-21H2,1-2H3;. The molecule has 2 N–H and O–H groups in total. The number of hydrogen-bond donors (Lipinski definition) is 2. The van der Waals surface area contributed by atoms with Crippen molar-refractivity contribution < 1.29 is 37.9 Å². The van der Waals surface area contributed by atoms with Crippen LogP contribution in [0, 0.1) is 13.8 Å². The van der Waals surface area contributed by atoms with Crippen LogP contribution in [0.2, 0.25) is 0 Å². The summed E-state index contributed by atoms with van der Waals surface area (Å²) >= 11 is -1.43. The number of para-hydroxylation sites is 4. The Labute approximate surface area is 346 Å². The zero-order chi connectivity index (χ0) is 39.1. The van der Waals surface area contributed by atoms with Gasteiger partial charge in [0.05, 0.1) is 0 Å². The molecule has 5 heterocycles. The van der Waals surface area contributed by atoms with E-state index in [4.69, 9.17) is 8.83 Å². The molecule has 0 saturated carbocycles. The summed E-state index contributed by atoms with van der Waals surface area (Å²) in [4.78, 5) is 2.46. The van der Waals surface area contributed by atoms with E-state index >= 15 is 0 Å². The predicted octanol–water partition coefficient (Wildman–Crippen LogP) is 13.7. The third kappa shape index (κ3) is 5.65. The van der Waals surface area contributed by atoms with Crippen LogP contribution in [-0.4, -0.2) is 30.9 Å². The maximum atomic E-state index is 12.2. The second kappa shape index (κ2) is 14.2. The predicted molar refractivity (Wildman–Crippen MR) is 236 cm³/mol. The van der Waals surface area contributed by atoms with Crippen LogP contribution in [0.15, 0.2) is 165 Å². The molecule has 2 atom stereocenters. The number of fused-ring (bicyclic) bond motifs is 6. The van der Waals surface area contributed by atoms with Gasteiger partial charge in [-0.15, -0.1) is 0 Å². The van der Waals surface area contributed by atoms with Crippen molar-refractivity contribution in [3.05, 3.63) is 158 Å². The van der Waals surface area contributed by atoms with Gasteiger partial charge in [0.15, 0.2) is 0 Å². The molecule has 0 radical (unpaired) electrons. The van der Waals surface area contributed by atoms with Crippen LogP contribution < -0.4 is 0 Å². The van der Waals surface area contributed by atoms with Crippen molar-refractivity contribution >= 4 is 58.0 Å². The van der Waals surface area contributed by atoms with E-state index in [2.05, 4.69) is 144 Å². The fourth-order valence-corrected chi connectivity index (χ4v) is 39.4. The molecule has 0 spiro atoms. The number of aromatic hydroxyl groups is 2. The number of benzene rings is 6. The van der Waals surface area contributed by atoms with Crippen molar-refractivity contribution in [2.75, 3.05) is 11.5 Å². The Balaban J connectivity index is 1.04. The molecule has 10 aromatic rings. The van der Waals surface area contributed by atoms with Crippen molar-refractivity contribution in [3.63, 3.8) is 0 Å². The molecule has 11 rings (SSSR count). The quantitative estimate of drug-likeness (QED) is 0.163. The second-order valence-electron chi connectivity index (χ2n) is 15.0. The molecule has 0 bridgehead atoms. The van der Waals surface area contributed by atoms with E-state index < -0.39 is 18.9 Å². The van der Waals surface area contributed by atoms with Crippen molar-refractivity contribution in [1.29, 1.82) is 0 Å². The minimum absolute atomic E-state index is 0.0459. The number of furan rings is 2. The third-order valence-electron chi connectivity index (χ3n) is 11.4. The van der Waals surface area contributed by atoms with Crippen molar-refractivity contribution in [2.45, 2.75) is 30.1 Å². The summed E-state index contributed by atoms with van der Waals surface area (Å²) in [6.45, 7) is 4.21. The Morgan fingerprint density at radius 3 is 1.22 bits per heavy atom. The Hall–Kier alpha value is -5.35. The summed E-state index contributed by atoms with van der Waals surface area (Å²) in [5, 5.41) is 29.1. The third-order valence-corrected chi connectivity index (χ3v) is 38.2. The monoisotopic (exact) mass is 962 g/mol. The fourth-order valence-electron chi connectivity index (χ4n) is 8.84. The van der Waals surface area contributed by atoms with Crippen LogP contribution in [0.25, 0.3) is 77.2 Å². The number of nitrogens with zero attached hydrogens (tertiary/aromatic N) is 2. The van der Waals surface area contributed by atoms with E-state index in [1.807, 2.05) is 25.1 Å². The number of aryl methyl sites for hydroxylation is 2. The van der Waals surface area contributed by atoms with Gasteiger partial charge in [-0.05, 0) is 0 Å². The maximum absolute atomic E-state index is 12.2. The number of hydrogen-bond acceptors (Lipinski definition) is 4. The summed E-state index contributed by atoms with van der Waals surface area (Å²) < 4.78 is 16.5. The Morgan fingerprint density at radius 1 is 0.483 bits per heavy atom. The average molecular weight is 961 g/mol. The van der Waals surface area contributed by atoms with Crippen LogP contribution in [0.4, 0.5) is 0 Å². The molecule has 284 valence electrons. The molecule has 6 aromatic carbocycles. The first-order chi connectivity index (χ1) is 28.4. The molecule has 0 aliphatic carbocycles. The second-order valence-corrected chi connectivity index (χ2v) is 35.0. The van der Waals surface area contributed by atoms with Crippen molar-refractivity contribution in [2.24, 2.45) is 0 Å². The zero-order valence-corrected chi connectivity index (χ0v) is 37.1. The summed E-state index contributed by atoms with van der Waals surface area (Å²) in [6.07, 6.45) is 8.68. The van der Waals surface area contributed by atoms with Crippen LogP contribution in [0.3, 0.4) is 0 Å². The number of rotatable bonds is 6. The van der Waals surface area contributed by atoms with E-state index in [-0.39, 0.29) is 25.9 Å². The first-order valence-corrected chi connectivity index (χ1v) is 31.0. The topological polar surface area (TPSA) is 76.6 Å². The van der Waals surface area contributed by atoms with Gasteiger partial charge in [-0.3, -0.25) is 0 Å². The van der Waals surface area contributed by atoms with E-state index in [9.17, 15) is 10.2 Å². The van der Waals surface area contributed by atoms with Gasteiger partial charge in [-0.2, -0.15) is 0 Å². The summed E-state index contributed by atoms with van der Waals surface area (Å²) in [5.41, 5.74) is 11.6. The van der Waals surface area contributed by atoms with Crippen molar-refractivity contribution in [3.8, 4) is 45.1 Å². The number of phenols is 2. The molecular weight excluding hydrogens is 923 g/mol. The normalized spacial score (nSPS) is 15.7. The van der Waals surface area contributed by atoms with E-state index in [0.717, 1.165) is 106 Å². The van der Waals surface area contributed by atoms with E-state index in [1.165, 1.54) is 9.79 Å². The molecule has 2 unspecified atom stereocenters. The fraction of sp³-hybridized carbons (Fsp3) is 0.102. The molecule has 1 aliphatic rings. The zero-order valence-electron chi connectivity index (χ0n) is 31.9. The van der Waals surface area contributed by atoms with Gasteiger partial charge in [0.1, 0.15) is 0 Å². The van der Waals surface area contributed by atoms with Crippen molar-refractivity contribution in [1.82, 2.24) is 9.13 Å². The van der Waals surface area contributed by atoms with E-state index in [1.54, 1.807) is 0 Å². The van der Waals surface area contributed by atoms with Crippen LogP contribution >= 0.6 is 14.4 Å². The van der Waals surface area contributed by atoms with Gasteiger partial charge in [0.2, 0.25) is 0 Å². The molecule has 0 saturated heterocycles. The van der Waals surface area contributed by atoms with Gasteiger partial charge < -0.3 is 0 Å². The SMILES string of the molecule is Cc1cc(-c2cocc2[S]2=[Hf]=[S](c3cocc3-c3cc(C)cc(-n4c5ccccc5c5ccccc54)c3O)CCC2)c(O)c(-n2c3ccccc3c3ccccc32)c1. The Bertz CT molecular complexity index is 3050. The van der Waals surface area contributed by atoms with Crippen LogP contribution in [0.5, 0.6) is 11.5 Å². The van der Waals surface area contributed by atoms with Crippen LogP contribution in [0.1, 0.15) is 17.5 Å².